The zero-order valence-corrected chi connectivity index (χ0v) is 15.5. The Hall–Kier alpha value is -3.11. The summed E-state index contributed by atoms with van der Waals surface area (Å²) in [6.45, 7) is 4.61. The van der Waals surface area contributed by atoms with E-state index in [1.807, 2.05) is 35.2 Å². The number of anilines is 2. The second kappa shape index (κ2) is 9.55. The van der Waals surface area contributed by atoms with Crippen molar-refractivity contribution in [1.29, 1.82) is 0 Å². The third kappa shape index (κ3) is 4.96. The Balaban J connectivity index is 1.73. The molecule has 0 aliphatic heterocycles. The van der Waals surface area contributed by atoms with Gasteiger partial charge < -0.3 is 15.4 Å². The minimum absolute atomic E-state index is 0.578. The maximum atomic E-state index is 5.48. The van der Waals surface area contributed by atoms with Gasteiger partial charge in [-0.3, -0.25) is 0 Å². The molecule has 3 heterocycles. The van der Waals surface area contributed by atoms with Crippen LogP contribution in [0.4, 0.5) is 11.6 Å². The molecule has 3 aromatic rings. The largest absolute Gasteiger partial charge is 0.379 e. The Bertz CT molecular complexity index is 900. The maximum Gasteiger partial charge on any atom is 0.171 e. The van der Waals surface area contributed by atoms with Gasteiger partial charge in [0, 0.05) is 42.8 Å². The third-order valence-electron chi connectivity index (χ3n) is 4.11. The number of terminal acetylenes is 1. The number of pyridine rings is 1. The monoisotopic (exact) mass is 365 g/mol. The molecule has 0 unspecified atom stereocenters. The number of ether oxygens (including phenoxy) is 1. The molecule has 7 heteroatoms. The van der Waals surface area contributed by atoms with E-state index in [2.05, 4.69) is 39.6 Å². The fraction of sp³-hybridized carbons (Fsp3) is 0.350. The van der Waals surface area contributed by atoms with Crippen LogP contribution in [-0.2, 0) is 17.7 Å². The SMILES string of the molecule is C#CCCOCCNc1cc(NCc2ccc[nH+]c2)n2ncc(CC)c2n1. The number of rotatable bonds is 10. The summed E-state index contributed by atoms with van der Waals surface area (Å²) in [6, 6.07) is 6.01. The molecule has 27 heavy (non-hydrogen) atoms. The molecule has 0 radical (unpaired) electrons. The maximum absolute atomic E-state index is 5.48. The smallest absolute Gasteiger partial charge is 0.171 e. The predicted molar refractivity (Wildman–Crippen MR) is 105 cm³/mol. The van der Waals surface area contributed by atoms with Crippen LogP contribution in [0.2, 0.25) is 0 Å². The van der Waals surface area contributed by atoms with E-state index in [1.54, 1.807) is 0 Å². The summed E-state index contributed by atoms with van der Waals surface area (Å²) in [7, 11) is 0. The first kappa shape index (κ1) is 18.7. The average Bonchev–Trinajstić information content (AvgIpc) is 3.13. The van der Waals surface area contributed by atoms with Crippen molar-refractivity contribution in [2.24, 2.45) is 0 Å². The second-order valence-corrected chi connectivity index (χ2v) is 6.04. The van der Waals surface area contributed by atoms with Gasteiger partial charge in [0.2, 0.25) is 0 Å². The molecule has 0 atom stereocenters. The summed E-state index contributed by atoms with van der Waals surface area (Å²) in [5.41, 5.74) is 3.12. The van der Waals surface area contributed by atoms with Gasteiger partial charge in [-0.05, 0) is 12.5 Å². The van der Waals surface area contributed by atoms with Gasteiger partial charge in [0.15, 0.2) is 18.0 Å². The summed E-state index contributed by atoms with van der Waals surface area (Å²) in [5, 5.41) is 11.3. The zero-order valence-electron chi connectivity index (χ0n) is 15.5. The highest BCUT2D eigenvalue weighted by Gasteiger charge is 2.11. The standard InChI is InChI=1S/C20H24N6O/c1-3-5-10-27-11-9-22-18-12-19(23-14-16-7-6-8-21-13-16)26-20(25-18)17(4-2)15-24-26/h1,6-8,12-13,15,23H,4-5,9-11,14H2,2H3,(H,22,25)/p+1. The molecule has 0 bridgehead atoms. The molecule has 7 nitrogen and oxygen atoms in total. The van der Waals surface area contributed by atoms with Gasteiger partial charge in [-0.25, -0.2) is 9.97 Å². The van der Waals surface area contributed by atoms with E-state index in [0.29, 0.717) is 32.7 Å². The van der Waals surface area contributed by atoms with E-state index < -0.39 is 0 Å². The molecule has 0 aliphatic rings. The van der Waals surface area contributed by atoms with Crippen molar-refractivity contribution in [2.75, 3.05) is 30.4 Å². The van der Waals surface area contributed by atoms with Gasteiger partial charge in [0.05, 0.1) is 19.4 Å². The number of aromatic amines is 1. The molecular formula is C20H25N6O+. The van der Waals surface area contributed by atoms with Crippen LogP contribution >= 0.6 is 0 Å². The molecule has 3 aromatic heterocycles. The first-order valence-corrected chi connectivity index (χ1v) is 9.13. The molecule has 0 aromatic carbocycles. The first-order chi connectivity index (χ1) is 13.3. The van der Waals surface area contributed by atoms with Crippen LogP contribution < -0.4 is 15.6 Å². The quantitative estimate of drug-likeness (QED) is 0.425. The number of H-pyrrole nitrogens is 1. The number of nitrogens with zero attached hydrogens (tertiary/aromatic N) is 3. The Morgan fingerprint density at radius 2 is 2.26 bits per heavy atom. The van der Waals surface area contributed by atoms with Crippen LogP contribution in [0.25, 0.3) is 5.65 Å². The third-order valence-corrected chi connectivity index (χ3v) is 4.11. The molecule has 0 amide bonds. The normalized spacial score (nSPS) is 10.7. The van der Waals surface area contributed by atoms with Crippen LogP contribution in [0.15, 0.2) is 36.8 Å². The van der Waals surface area contributed by atoms with Gasteiger partial charge in [0.25, 0.3) is 0 Å². The Labute approximate surface area is 159 Å². The fourth-order valence-electron chi connectivity index (χ4n) is 2.69. The van der Waals surface area contributed by atoms with Crippen molar-refractivity contribution in [3.05, 3.63) is 47.9 Å². The number of hydrogen-bond donors (Lipinski definition) is 2. The topological polar surface area (TPSA) is 77.6 Å². The Kier molecular flexibility index (Phi) is 6.61. The van der Waals surface area contributed by atoms with Gasteiger partial charge in [0.1, 0.15) is 11.6 Å². The molecule has 0 saturated carbocycles. The van der Waals surface area contributed by atoms with E-state index in [0.717, 1.165) is 34.8 Å². The highest BCUT2D eigenvalue weighted by Crippen LogP contribution is 2.19. The van der Waals surface area contributed by atoms with Crippen molar-refractivity contribution in [1.82, 2.24) is 14.6 Å². The van der Waals surface area contributed by atoms with E-state index in [-0.39, 0.29) is 0 Å². The van der Waals surface area contributed by atoms with Crippen LogP contribution in [0.1, 0.15) is 24.5 Å². The van der Waals surface area contributed by atoms with Crippen LogP contribution in [0, 0.1) is 12.3 Å². The average molecular weight is 365 g/mol. The number of nitrogens with one attached hydrogen (secondary N) is 3. The summed E-state index contributed by atoms with van der Waals surface area (Å²) >= 11 is 0. The Morgan fingerprint density at radius 1 is 1.33 bits per heavy atom. The molecule has 140 valence electrons. The summed E-state index contributed by atoms with van der Waals surface area (Å²) in [5.74, 6) is 4.24. The number of aromatic nitrogens is 4. The molecular weight excluding hydrogens is 340 g/mol. The molecule has 3 rings (SSSR count). The number of aryl methyl sites for hydroxylation is 1. The molecule has 0 fully saturated rings. The number of fused-ring (bicyclic) bond motifs is 1. The zero-order chi connectivity index (χ0) is 18.9. The lowest BCUT2D eigenvalue weighted by Crippen LogP contribution is -2.13. The van der Waals surface area contributed by atoms with E-state index in [1.165, 1.54) is 0 Å². The van der Waals surface area contributed by atoms with Crippen molar-refractivity contribution in [3.63, 3.8) is 0 Å². The summed E-state index contributed by atoms with van der Waals surface area (Å²) < 4.78 is 7.33. The van der Waals surface area contributed by atoms with Gasteiger partial charge >= 0.3 is 0 Å². The number of hydrogen-bond acceptors (Lipinski definition) is 5. The second-order valence-electron chi connectivity index (χ2n) is 6.04. The minimum Gasteiger partial charge on any atom is -0.379 e. The van der Waals surface area contributed by atoms with Crippen molar-refractivity contribution in [3.8, 4) is 12.3 Å². The van der Waals surface area contributed by atoms with Gasteiger partial charge in [-0.15, -0.1) is 12.3 Å². The molecule has 0 spiro atoms. The lowest BCUT2D eigenvalue weighted by Gasteiger charge is -2.12. The molecule has 0 aliphatic carbocycles. The van der Waals surface area contributed by atoms with Gasteiger partial charge in [-0.2, -0.15) is 9.61 Å². The fourth-order valence-corrected chi connectivity index (χ4v) is 2.69. The van der Waals surface area contributed by atoms with E-state index >= 15 is 0 Å². The highest BCUT2D eigenvalue weighted by atomic mass is 16.5. The van der Waals surface area contributed by atoms with Crippen molar-refractivity contribution >= 4 is 17.3 Å². The lowest BCUT2D eigenvalue weighted by molar-refractivity contribution is -0.378. The first-order valence-electron chi connectivity index (χ1n) is 9.13. The highest BCUT2D eigenvalue weighted by molar-refractivity contribution is 5.60. The van der Waals surface area contributed by atoms with Gasteiger partial charge in [-0.1, -0.05) is 6.92 Å². The lowest BCUT2D eigenvalue weighted by atomic mass is 10.2. The van der Waals surface area contributed by atoms with Crippen LogP contribution in [0.5, 0.6) is 0 Å². The summed E-state index contributed by atoms with van der Waals surface area (Å²) in [6.07, 6.45) is 12.5. The van der Waals surface area contributed by atoms with Crippen molar-refractivity contribution < 1.29 is 9.72 Å². The molecule has 0 saturated heterocycles. The summed E-state index contributed by atoms with van der Waals surface area (Å²) in [4.78, 5) is 7.81. The van der Waals surface area contributed by atoms with Crippen LogP contribution in [-0.4, -0.2) is 34.4 Å². The minimum atomic E-state index is 0.578. The Morgan fingerprint density at radius 3 is 3.04 bits per heavy atom. The molecule has 3 N–H and O–H groups in total. The van der Waals surface area contributed by atoms with E-state index in [4.69, 9.17) is 16.1 Å². The van der Waals surface area contributed by atoms with Crippen LogP contribution in [0.3, 0.4) is 0 Å². The van der Waals surface area contributed by atoms with Crippen molar-refractivity contribution in [2.45, 2.75) is 26.3 Å². The van der Waals surface area contributed by atoms with E-state index in [9.17, 15) is 0 Å². The predicted octanol–water partition coefficient (Wildman–Crippen LogP) is 2.17.